The molecule has 0 radical (unpaired) electrons. The number of rotatable bonds is 3. The smallest absolute Gasteiger partial charge is 0.188 e. The van der Waals surface area contributed by atoms with E-state index in [1.54, 1.807) is 18.4 Å². The summed E-state index contributed by atoms with van der Waals surface area (Å²) in [7, 11) is 1.64. The van der Waals surface area contributed by atoms with Crippen LogP contribution in [0.25, 0.3) is 10.2 Å². The van der Waals surface area contributed by atoms with Crippen LogP contribution < -0.4 is 10.1 Å². The molecule has 0 saturated carbocycles. The molecule has 0 unspecified atom stereocenters. The predicted molar refractivity (Wildman–Crippen MR) is 96.3 cm³/mol. The molecule has 3 rings (SSSR count). The van der Waals surface area contributed by atoms with E-state index in [2.05, 4.69) is 42.2 Å². The first-order valence-corrected chi connectivity index (χ1v) is 8.71. The van der Waals surface area contributed by atoms with Crippen molar-refractivity contribution in [1.82, 2.24) is 4.98 Å². The van der Waals surface area contributed by atoms with Gasteiger partial charge in [-0.3, -0.25) is 0 Å². The second kappa shape index (κ2) is 6.12. The molecule has 0 aliphatic rings. The van der Waals surface area contributed by atoms with Crippen LogP contribution in [0.4, 0.5) is 10.8 Å². The number of benzene rings is 2. The number of halogens is 3. The lowest BCUT2D eigenvalue weighted by Crippen LogP contribution is -1.93. The van der Waals surface area contributed by atoms with Gasteiger partial charge in [-0.1, -0.05) is 22.9 Å². The number of nitrogens with one attached hydrogen (secondary N) is 1. The van der Waals surface area contributed by atoms with Crippen LogP contribution in [-0.4, -0.2) is 12.1 Å². The van der Waals surface area contributed by atoms with E-state index in [0.29, 0.717) is 5.02 Å². The lowest BCUT2D eigenvalue weighted by Gasteiger charge is -2.09. The molecule has 3 nitrogen and oxygen atoms in total. The minimum absolute atomic E-state index is 0.686. The fourth-order valence-electron chi connectivity index (χ4n) is 1.85. The Labute approximate surface area is 147 Å². The van der Waals surface area contributed by atoms with E-state index in [-0.39, 0.29) is 0 Å². The van der Waals surface area contributed by atoms with E-state index in [1.807, 2.05) is 30.3 Å². The van der Waals surface area contributed by atoms with Crippen molar-refractivity contribution < 1.29 is 4.74 Å². The van der Waals surface area contributed by atoms with Crippen molar-refractivity contribution in [3.05, 3.63) is 44.3 Å². The molecule has 0 atom stereocenters. The number of hydrogen-bond donors (Lipinski definition) is 1. The lowest BCUT2D eigenvalue weighted by molar-refractivity contribution is 0.412. The van der Waals surface area contributed by atoms with Crippen LogP contribution in [0.1, 0.15) is 0 Å². The van der Waals surface area contributed by atoms with Gasteiger partial charge in [-0.15, -0.1) is 0 Å². The summed E-state index contributed by atoms with van der Waals surface area (Å²) in [5, 5.41) is 4.79. The van der Waals surface area contributed by atoms with Gasteiger partial charge in [0.25, 0.3) is 0 Å². The van der Waals surface area contributed by atoms with Gasteiger partial charge in [0.2, 0.25) is 0 Å². The molecule has 0 aliphatic carbocycles. The Balaban J connectivity index is 1.98. The fourth-order valence-corrected chi connectivity index (χ4v) is 4.13. The number of hydrogen-bond acceptors (Lipinski definition) is 4. The molecule has 0 fully saturated rings. The van der Waals surface area contributed by atoms with Gasteiger partial charge >= 0.3 is 0 Å². The minimum Gasteiger partial charge on any atom is -0.495 e. The summed E-state index contributed by atoms with van der Waals surface area (Å²) in [5.41, 5.74) is 1.77. The number of anilines is 2. The molecular formula is C14H9Br2ClN2OS. The molecule has 1 N–H and O–H groups in total. The maximum Gasteiger partial charge on any atom is 0.188 e. The van der Waals surface area contributed by atoms with Crippen molar-refractivity contribution in [2.45, 2.75) is 0 Å². The highest BCUT2D eigenvalue weighted by Gasteiger charge is 2.10. The minimum atomic E-state index is 0.686. The molecule has 2 aromatic carbocycles. The molecule has 0 spiro atoms. The largest absolute Gasteiger partial charge is 0.495 e. The Hall–Kier alpha value is -0.820. The summed E-state index contributed by atoms with van der Waals surface area (Å²) in [4.78, 5) is 4.54. The second-order valence-corrected chi connectivity index (χ2v) is 7.40. The van der Waals surface area contributed by atoms with E-state index in [0.717, 1.165) is 35.7 Å². The topological polar surface area (TPSA) is 34.1 Å². The SMILES string of the molecule is COc1cc(Nc2nc3cc(Cl)ccc3s2)c(Br)cc1Br. The molecule has 0 aliphatic heterocycles. The summed E-state index contributed by atoms with van der Waals surface area (Å²) in [6, 6.07) is 9.54. The molecule has 21 heavy (non-hydrogen) atoms. The summed E-state index contributed by atoms with van der Waals surface area (Å²) in [6.07, 6.45) is 0. The van der Waals surface area contributed by atoms with Gasteiger partial charge in [0.05, 0.1) is 27.5 Å². The summed E-state index contributed by atoms with van der Waals surface area (Å²) in [5.74, 6) is 0.754. The number of nitrogens with zero attached hydrogens (tertiary/aromatic N) is 1. The molecule has 1 heterocycles. The first kappa shape index (κ1) is 15.1. The number of methoxy groups -OCH3 is 1. The van der Waals surface area contributed by atoms with Gasteiger partial charge < -0.3 is 10.1 Å². The number of thiazole rings is 1. The molecule has 0 amide bonds. The van der Waals surface area contributed by atoms with E-state index >= 15 is 0 Å². The van der Waals surface area contributed by atoms with Gasteiger partial charge in [-0.2, -0.15) is 0 Å². The molecule has 1 aromatic heterocycles. The molecule has 108 valence electrons. The average molecular weight is 449 g/mol. The zero-order valence-electron chi connectivity index (χ0n) is 10.8. The molecular weight excluding hydrogens is 439 g/mol. The van der Waals surface area contributed by atoms with Crippen molar-refractivity contribution in [2.75, 3.05) is 12.4 Å². The number of fused-ring (bicyclic) bond motifs is 1. The van der Waals surface area contributed by atoms with Crippen LogP contribution in [0.3, 0.4) is 0 Å². The van der Waals surface area contributed by atoms with Crippen molar-refractivity contribution >= 4 is 75.8 Å². The zero-order chi connectivity index (χ0) is 15.0. The third-order valence-corrected chi connectivity index (χ3v) is 5.30. The standard InChI is InChI=1S/C14H9Br2ClN2OS/c1-20-12-6-10(8(15)5-9(12)16)18-14-19-11-4-7(17)2-3-13(11)21-14/h2-6H,1H3,(H,18,19). The predicted octanol–water partition coefficient (Wildman–Crippen LogP) is 6.23. The van der Waals surface area contributed by atoms with Crippen LogP contribution in [0.15, 0.2) is 39.3 Å². The normalized spacial score (nSPS) is 10.9. The molecule has 0 bridgehead atoms. The number of aromatic nitrogens is 1. The zero-order valence-corrected chi connectivity index (χ0v) is 15.5. The number of ether oxygens (including phenoxy) is 1. The maximum absolute atomic E-state index is 5.99. The third-order valence-electron chi connectivity index (χ3n) is 2.83. The Morgan fingerprint density at radius 3 is 2.76 bits per heavy atom. The fraction of sp³-hybridized carbons (Fsp3) is 0.0714. The summed E-state index contributed by atoms with van der Waals surface area (Å²) < 4.78 is 8.21. The molecule has 7 heteroatoms. The van der Waals surface area contributed by atoms with E-state index < -0.39 is 0 Å². The van der Waals surface area contributed by atoms with E-state index in [9.17, 15) is 0 Å². The Kier molecular flexibility index (Phi) is 4.40. The highest BCUT2D eigenvalue weighted by molar-refractivity contribution is 9.11. The Bertz CT molecular complexity index is 822. The highest BCUT2D eigenvalue weighted by atomic mass is 79.9. The van der Waals surface area contributed by atoms with Gasteiger partial charge in [0.15, 0.2) is 5.13 Å². The average Bonchev–Trinajstić information content (AvgIpc) is 2.83. The molecule has 0 saturated heterocycles. The van der Waals surface area contributed by atoms with Crippen LogP contribution in [0.2, 0.25) is 5.02 Å². The van der Waals surface area contributed by atoms with Crippen LogP contribution >= 0.6 is 54.8 Å². The monoisotopic (exact) mass is 446 g/mol. The van der Waals surface area contributed by atoms with Gasteiger partial charge in [0, 0.05) is 15.6 Å². The Morgan fingerprint density at radius 1 is 1.19 bits per heavy atom. The van der Waals surface area contributed by atoms with Gasteiger partial charge in [0.1, 0.15) is 5.75 Å². The first-order valence-electron chi connectivity index (χ1n) is 5.93. The van der Waals surface area contributed by atoms with Crippen molar-refractivity contribution in [3.63, 3.8) is 0 Å². The van der Waals surface area contributed by atoms with Gasteiger partial charge in [-0.25, -0.2) is 4.98 Å². The maximum atomic E-state index is 5.99. The Morgan fingerprint density at radius 2 is 2.00 bits per heavy atom. The molecule has 3 aromatic rings. The van der Waals surface area contributed by atoms with Crippen molar-refractivity contribution in [1.29, 1.82) is 0 Å². The van der Waals surface area contributed by atoms with Crippen LogP contribution in [0.5, 0.6) is 5.75 Å². The highest BCUT2D eigenvalue weighted by Crippen LogP contribution is 2.37. The second-order valence-electron chi connectivity index (χ2n) is 4.22. The van der Waals surface area contributed by atoms with Crippen LogP contribution in [-0.2, 0) is 0 Å². The summed E-state index contributed by atoms with van der Waals surface area (Å²) in [6.45, 7) is 0. The van der Waals surface area contributed by atoms with E-state index in [4.69, 9.17) is 16.3 Å². The summed E-state index contributed by atoms with van der Waals surface area (Å²) >= 11 is 14.5. The van der Waals surface area contributed by atoms with Crippen molar-refractivity contribution in [3.8, 4) is 5.75 Å². The lowest BCUT2D eigenvalue weighted by atomic mass is 10.3. The van der Waals surface area contributed by atoms with E-state index in [1.165, 1.54) is 0 Å². The quantitative estimate of drug-likeness (QED) is 0.516. The van der Waals surface area contributed by atoms with Gasteiger partial charge in [-0.05, 0) is 56.1 Å². The van der Waals surface area contributed by atoms with Crippen molar-refractivity contribution in [2.24, 2.45) is 0 Å². The third kappa shape index (κ3) is 3.18. The first-order chi connectivity index (χ1) is 10.1. The van der Waals surface area contributed by atoms with Crippen LogP contribution in [0, 0.1) is 0 Å².